The number of halogens is 1. The second-order valence-corrected chi connectivity index (χ2v) is 11.9. The number of hydrogen-bond donors (Lipinski definition) is 0. The molecule has 1 atom stereocenters. The molecule has 4 aromatic rings. The molecule has 0 N–H and O–H groups in total. The van der Waals surface area contributed by atoms with Crippen molar-refractivity contribution < 1.29 is 14.3 Å². The zero-order valence-electron chi connectivity index (χ0n) is 23.0. The molecule has 0 radical (unpaired) electrons. The number of benzene rings is 2. The molecule has 2 aromatic carbocycles. The number of carbonyl (C=O) groups excluding carboxylic acids is 1. The van der Waals surface area contributed by atoms with Crippen LogP contribution in [0, 0.1) is 13.8 Å². The van der Waals surface area contributed by atoms with Crippen molar-refractivity contribution >= 4 is 50.2 Å². The van der Waals surface area contributed by atoms with Crippen LogP contribution in [-0.2, 0) is 16.6 Å². The van der Waals surface area contributed by atoms with Crippen LogP contribution in [0.4, 0.5) is 0 Å². The number of esters is 1. The Morgan fingerprint density at radius 2 is 1.90 bits per heavy atom. The third-order valence-corrected chi connectivity index (χ3v) is 8.50. The third-order valence-electron chi connectivity index (χ3n) is 7.03. The van der Waals surface area contributed by atoms with Crippen LogP contribution in [0.2, 0.25) is 0 Å². The van der Waals surface area contributed by atoms with Crippen LogP contribution in [0.5, 0.6) is 5.75 Å². The van der Waals surface area contributed by atoms with E-state index in [1.165, 1.54) is 18.4 Å². The molecule has 39 heavy (non-hydrogen) atoms. The number of allylic oxidation sites excluding steroid dienone is 1. The number of carbonyl (C=O) groups is 1. The maximum Gasteiger partial charge on any atom is 0.338 e. The molecular formula is C30H30BrN3O4S. The summed E-state index contributed by atoms with van der Waals surface area (Å²) >= 11 is 4.88. The fraction of sp³-hybridized carbons (Fsp3) is 0.300. The Hall–Kier alpha value is -3.43. The summed E-state index contributed by atoms with van der Waals surface area (Å²) in [5.41, 5.74) is 5.57. The fourth-order valence-electron chi connectivity index (χ4n) is 5.11. The van der Waals surface area contributed by atoms with E-state index >= 15 is 0 Å². The van der Waals surface area contributed by atoms with E-state index in [1.54, 1.807) is 11.5 Å². The molecule has 1 aliphatic rings. The van der Waals surface area contributed by atoms with Gasteiger partial charge in [-0.25, -0.2) is 9.79 Å². The van der Waals surface area contributed by atoms with Crippen molar-refractivity contribution in [2.45, 2.75) is 46.8 Å². The topological polar surface area (TPSA) is 74.8 Å². The lowest BCUT2D eigenvalue weighted by Gasteiger charge is -2.26. The zero-order valence-corrected chi connectivity index (χ0v) is 25.4. The van der Waals surface area contributed by atoms with Gasteiger partial charge in [-0.3, -0.25) is 9.36 Å². The average molecular weight is 609 g/mol. The molecule has 0 amide bonds. The second-order valence-electron chi connectivity index (χ2n) is 10.0. The summed E-state index contributed by atoms with van der Waals surface area (Å²) in [4.78, 5) is 32.5. The normalized spacial score (nSPS) is 15.6. The van der Waals surface area contributed by atoms with Crippen LogP contribution in [0.15, 0.2) is 61.9 Å². The lowest BCUT2D eigenvalue weighted by Crippen LogP contribution is -2.40. The Bertz CT molecular complexity index is 1860. The lowest BCUT2D eigenvalue weighted by atomic mass is 9.95. The number of methoxy groups -OCH3 is 1. The van der Waals surface area contributed by atoms with Crippen LogP contribution in [-0.4, -0.2) is 28.3 Å². The van der Waals surface area contributed by atoms with E-state index in [-0.39, 0.29) is 11.7 Å². The van der Waals surface area contributed by atoms with Crippen LogP contribution >= 0.6 is 27.3 Å². The minimum Gasteiger partial charge on any atom is -0.491 e. The van der Waals surface area contributed by atoms with Gasteiger partial charge in [0.05, 0.1) is 29.0 Å². The number of hydrogen-bond acceptors (Lipinski definition) is 6. The molecule has 3 heterocycles. The van der Waals surface area contributed by atoms with E-state index in [1.807, 2.05) is 45.2 Å². The molecule has 0 fully saturated rings. The molecule has 0 saturated carbocycles. The molecule has 1 aliphatic heterocycles. The average Bonchev–Trinajstić information content (AvgIpc) is 3.31. The van der Waals surface area contributed by atoms with E-state index < -0.39 is 12.0 Å². The predicted octanol–water partition coefficient (Wildman–Crippen LogP) is 5.07. The summed E-state index contributed by atoms with van der Waals surface area (Å²) in [5.74, 6) is 0.0515. The lowest BCUT2D eigenvalue weighted by molar-refractivity contribution is -0.136. The number of aromatic nitrogens is 2. The molecule has 9 heteroatoms. The van der Waals surface area contributed by atoms with Gasteiger partial charge in [-0.2, -0.15) is 0 Å². The van der Waals surface area contributed by atoms with Crippen molar-refractivity contribution in [3.63, 3.8) is 0 Å². The molecule has 0 bridgehead atoms. The smallest absolute Gasteiger partial charge is 0.338 e. The fourth-order valence-corrected chi connectivity index (χ4v) is 6.52. The zero-order chi connectivity index (χ0) is 28.2. The third kappa shape index (κ3) is 4.67. The van der Waals surface area contributed by atoms with Gasteiger partial charge >= 0.3 is 5.97 Å². The molecule has 2 aromatic heterocycles. The van der Waals surface area contributed by atoms with Crippen LogP contribution < -0.4 is 19.6 Å². The van der Waals surface area contributed by atoms with Gasteiger partial charge in [0.25, 0.3) is 5.56 Å². The van der Waals surface area contributed by atoms with Gasteiger partial charge in [-0.05, 0) is 71.0 Å². The number of thiazole rings is 1. The summed E-state index contributed by atoms with van der Waals surface area (Å²) < 4.78 is 16.4. The predicted molar refractivity (Wildman–Crippen MR) is 158 cm³/mol. The van der Waals surface area contributed by atoms with Crippen molar-refractivity contribution in [1.29, 1.82) is 0 Å². The Balaban J connectivity index is 1.82. The van der Waals surface area contributed by atoms with E-state index in [4.69, 9.17) is 14.5 Å². The van der Waals surface area contributed by atoms with Crippen LogP contribution in [0.25, 0.3) is 17.0 Å². The molecule has 0 saturated heterocycles. The van der Waals surface area contributed by atoms with Gasteiger partial charge < -0.3 is 14.0 Å². The first kappa shape index (κ1) is 27.1. The molecular weight excluding hydrogens is 578 g/mol. The van der Waals surface area contributed by atoms with Crippen molar-refractivity contribution in [2.75, 3.05) is 7.11 Å². The Kier molecular flexibility index (Phi) is 7.15. The summed E-state index contributed by atoms with van der Waals surface area (Å²) in [7, 11) is 3.37. The van der Waals surface area contributed by atoms with Gasteiger partial charge in [-0.15, -0.1) is 0 Å². The van der Waals surface area contributed by atoms with E-state index in [9.17, 15) is 9.59 Å². The van der Waals surface area contributed by atoms with E-state index in [0.29, 0.717) is 31.9 Å². The van der Waals surface area contributed by atoms with Crippen molar-refractivity contribution in [3.05, 3.63) is 94.2 Å². The van der Waals surface area contributed by atoms with Gasteiger partial charge in [0.1, 0.15) is 11.8 Å². The number of nitrogens with zero attached hydrogens (tertiary/aromatic N) is 3. The minimum absolute atomic E-state index is 0.106. The number of aryl methyl sites for hydroxylation is 2. The van der Waals surface area contributed by atoms with Crippen molar-refractivity contribution in [3.8, 4) is 5.75 Å². The van der Waals surface area contributed by atoms with Gasteiger partial charge in [0.2, 0.25) is 0 Å². The molecule has 0 unspecified atom stereocenters. The van der Waals surface area contributed by atoms with Crippen LogP contribution in [0.3, 0.4) is 0 Å². The SMILES string of the molecule is COC(=O)C1=C(C)N=c2s/c(=C\c3c(C)n(C)c4ccc(C)cc34)c(=O)n2[C@H]1c1cc(Br)ccc1OC(C)C. The first-order valence-electron chi connectivity index (χ1n) is 12.6. The van der Waals surface area contributed by atoms with Crippen molar-refractivity contribution in [2.24, 2.45) is 12.0 Å². The molecule has 7 nitrogen and oxygen atoms in total. The Morgan fingerprint density at radius 3 is 2.59 bits per heavy atom. The highest BCUT2D eigenvalue weighted by Crippen LogP contribution is 2.38. The standard InChI is InChI=1S/C30H30BrN3O4S/c1-15(2)38-24-11-9-19(31)13-22(24)27-26(29(36)37-7)17(4)32-30-34(27)28(35)25(39-30)14-20-18(5)33(6)23-10-8-16(3)12-21(20)23/h8-15,27H,1-7H3/b25-14-/t27-/m0/s1. The number of ether oxygens (including phenoxy) is 2. The molecule has 0 spiro atoms. The highest BCUT2D eigenvalue weighted by molar-refractivity contribution is 9.10. The van der Waals surface area contributed by atoms with Crippen LogP contribution in [0.1, 0.15) is 49.2 Å². The highest BCUT2D eigenvalue weighted by atomic mass is 79.9. The molecule has 202 valence electrons. The quantitative estimate of drug-likeness (QED) is 0.297. The maximum absolute atomic E-state index is 14.2. The van der Waals surface area contributed by atoms with Gasteiger partial charge in [-0.1, -0.05) is 38.9 Å². The van der Waals surface area contributed by atoms with E-state index in [2.05, 4.69) is 52.5 Å². The van der Waals surface area contributed by atoms with Gasteiger partial charge in [0, 0.05) is 39.2 Å². The summed E-state index contributed by atoms with van der Waals surface area (Å²) in [6.07, 6.45) is 1.84. The highest BCUT2D eigenvalue weighted by Gasteiger charge is 2.35. The number of fused-ring (bicyclic) bond motifs is 2. The Morgan fingerprint density at radius 1 is 1.15 bits per heavy atom. The van der Waals surface area contributed by atoms with Gasteiger partial charge in [0.15, 0.2) is 4.80 Å². The maximum atomic E-state index is 14.2. The molecule has 0 aliphatic carbocycles. The summed E-state index contributed by atoms with van der Waals surface area (Å²) in [5, 5.41) is 1.09. The first-order valence-corrected chi connectivity index (χ1v) is 14.2. The van der Waals surface area contributed by atoms with Crippen molar-refractivity contribution in [1.82, 2.24) is 9.13 Å². The first-order chi connectivity index (χ1) is 18.5. The summed E-state index contributed by atoms with van der Waals surface area (Å²) in [6.45, 7) is 9.76. The Labute approximate surface area is 238 Å². The monoisotopic (exact) mass is 607 g/mol. The molecule has 5 rings (SSSR count). The largest absolute Gasteiger partial charge is 0.491 e. The number of rotatable bonds is 5. The summed E-state index contributed by atoms with van der Waals surface area (Å²) in [6, 6.07) is 11.2. The van der Waals surface area contributed by atoms with E-state index in [0.717, 1.165) is 32.2 Å². The second kappa shape index (κ2) is 10.3. The minimum atomic E-state index is -0.766.